The van der Waals surface area contributed by atoms with Crippen molar-refractivity contribution in [3.63, 3.8) is 0 Å². The lowest BCUT2D eigenvalue weighted by Gasteiger charge is -2.30. The number of halogens is 1. The van der Waals surface area contributed by atoms with Gasteiger partial charge in [0.15, 0.2) is 0 Å². The second kappa shape index (κ2) is 7.51. The molecule has 0 saturated carbocycles. The number of nitrogens with zero attached hydrogens (tertiary/aromatic N) is 1. The highest BCUT2D eigenvalue weighted by Crippen LogP contribution is 2.24. The molecule has 2 aromatic carbocycles. The van der Waals surface area contributed by atoms with Gasteiger partial charge in [-0.15, -0.1) is 0 Å². The Hall–Kier alpha value is -2.00. The molecule has 2 atom stereocenters. The molecule has 0 saturated heterocycles. The minimum atomic E-state index is 0.0949. The normalized spacial score (nSPS) is 13.4. The van der Waals surface area contributed by atoms with E-state index in [2.05, 4.69) is 13.8 Å². The molecule has 0 heterocycles. The quantitative estimate of drug-likeness (QED) is 0.838. The Bertz CT molecular complexity index is 652. The first-order valence-electron chi connectivity index (χ1n) is 7.74. The van der Waals surface area contributed by atoms with Gasteiger partial charge in [-0.05, 0) is 42.3 Å². The fourth-order valence-electron chi connectivity index (χ4n) is 2.54. The third kappa shape index (κ3) is 4.49. The molecule has 0 spiro atoms. The van der Waals surface area contributed by atoms with Crippen LogP contribution >= 0.6 is 11.6 Å². The number of nitrogens with two attached hydrogens (primary N) is 1. The maximum atomic E-state index is 12.5. The SMILES string of the molecule is CC(c1ccc(Cl)cc1)C(C)N(C)C(=O)Cc1ccc(N)cc1. The molecule has 1 amide bonds. The predicted octanol–water partition coefficient (Wildman–Crippen LogP) is 4.12. The third-order valence-corrected chi connectivity index (χ3v) is 4.71. The summed E-state index contributed by atoms with van der Waals surface area (Å²) in [6, 6.07) is 15.3. The van der Waals surface area contributed by atoms with E-state index in [4.69, 9.17) is 17.3 Å². The largest absolute Gasteiger partial charge is 0.399 e. The topological polar surface area (TPSA) is 46.3 Å². The number of benzene rings is 2. The van der Waals surface area contributed by atoms with Gasteiger partial charge in [-0.3, -0.25) is 4.79 Å². The van der Waals surface area contributed by atoms with Crippen LogP contribution in [0.5, 0.6) is 0 Å². The van der Waals surface area contributed by atoms with Crippen molar-refractivity contribution in [1.29, 1.82) is 0 Å². The second-order valence-corrected chi connectivity index (χ2v) is 6.44. The molecule has 23 heavy (non-hydrogen) atoms. The minimum Gasteiger partial charge on any atom is -0.399 e. The maximum Gasteiger partial charge on any atom is 0.226 e. The summed E-state index contributed by atoms with van der Waals surface area (Å²) in [4.78, 5) is 14.3. The number of amides is 1. The van der Waals surface area contributed by atoms with Crippen molar-refractivity contribution in [2.24, 2.45) is 0 Å². The van der Waals surface area contributed by atoms with Gasteiger partial charge in [0.05, 0.1) is 6.42 Å². The molecule has 0 aliphatic heterocycles. The average molecular weight is 331 g/mol. The molecule has 0 fully saturated rings. The Kier molecular flexibility index (Phi) is 5.67. The summed E-state index contributed by atoms with van der Waals surface area (Å²) in [5.74, 6) is 0.329. The number of anilines is 1. The number of carbonyl (C=O) groups is 1. The highest BCUT2D eigenvalue weighted by molar-refractivity contribution is 6.30. The molecule has 0 bridgehead atoms. The highest BCUT2D eigenvalue weighted by Gasteiger charge is 2.22. The van der Waals surface area contributed by atoms with Crippen molar-refractivity contribution in [3.05, 3.63) is 64.7 Å². The zero-order chi connectivity index (χ0) is 17.0. The highest BCUT2D eigenvalue weighted by atomic mass is 35.5. The Morgan fingerprint density at radius 3 is 2.22 bits per heavy atom. The van der Waals surface area contributed by atoms with E-state index in [1.807, 2.05) is 60.5 Å². The van der Waals surface area contributed by atoms with Crippen LogP contribution in [0, 0.1) is 0 Å². The minimum absolute atomic E-state index is 0.0949. The number of nitrogen functional groups attached to an aromatic ring is 1. The van der Waals surface area contributed by atoms with E-state index in [1.165, 1.54) is 5.56 Å². The Balaban J connectivity index is 2.02. The van der Waals surface area contributed by atoms with E-state index in [0.717, 1.165) is 10.6 Å². The molecular formula is C19H23ClN2O. The van der Waals surface area contributed by atoms with E-state index in [1.54, 1.807) is 0 Å². The van der Waals surface area contributed by atoms with Crippen LogP contribution in [0.2, 0.25) is 5.02 Å². The van der Waals surface area contributed by atoms with Gasteiger partial charge in [-0.1, -0.05) is 42.8 Å². The lowest BCUT2D eigenvalue weighted by Crippen LogP contribution is -2.39. The molecule has 4 heteroatoms. The van der Waals surface area contributed by atoms with Crippen molar-refractivity contribution in [2.45, 2.75) is 32.2 Å². The first-order chi connectivity index (χ1) is 10.9. The van der Waals surface area contributed by atoms with Gasteiger partial charge in [0.25, 0.3) is 0 Å². The van der Waals surface area contributed by atoms with Crippen LogP contribution in [0.3, 0.4) is 0 Å². The van der Waals surface area contributed by atoms with Crippen molar-refractivity contribution >= 4 is 23.2 Å². The van der Waals surface area contributed by atoms with Crippen LogP contribution in [-0.2, 0) is 11.2 Å². The molecule has 122 valence electrons. The summed E-state index contributed by atoms with van der Waals surface area (Å²) in [5.41, 5.74) is 8.53. The number of rotatable bonds is 5. The van der Waals surface area contributed by atoms with Crippen LogP contribution in [0.1, 0.15) is 30.9 Å². The molecule has 2 unspecified atom stereocenters. The van der Waals surface area contributed by atoms with Crippen molar-refractivity contribution < 1.29 is 4.79 Å². The fourth-order valence-corrected chi connectivity index (χ4v) is 2.67. The summed E-state index contributed by atoms with van der Waals surface area (Å²) in [7, 11) is 1.86. The first kappa shape index (κ1) is 17.4. The van der Waals surface area contributed by atoms with E-state index in [0.29, 0.717) is 12.1 Å². The maximum absolute atomic E-state index is 12.5. The molecule has 0 aliphatic rings. The molecule has 0 aromatic heterocycles. The Morgan fingerprint density at radius 2 is 1.65 bits per heavy atom. The zero-order valence-corrected chi connectivity index (χ0v) is 14.5. The number of hydrogen-bond acceptors (Lipinski definition) is 2. The monoisotopic (exact) mass is 330 g/mol. The zero-order valence-electron chi connectivity index (χ0n) is 13.8. The summed E-state index contributed by atoms with van der Waals surface area (Å²) in [6.45, 7) is 4.20. The molecule has 2 aromatic rings. The standard InChI is InChI=1S/C19H23ClN2O/c1-13(16-6-8-17(20)9-7-16)14(2)22(3)19(23)12-15-4-10-18(21)11-5-15/h4-11,13-14H,12,21H2,1-3H3. The summed E-state index contributed by atoms with van der Waals surface area (Å²) in [5, 5.41) is 0.724. The molecule has 2 rings (SSSR count). The van der Waals surface area contributed by atoms with Gasteiger partial charge in [0, 0.05) is 29.7 Å². The number of carbonyl (C=O) groups excluding carboxylic acids is 1. The molecule has 0 radical (unpaired) electrons. The predicted molar refractivity (Wildman–Crippen MR) is 96.7 cm³/mol. The van der Waals surface area contributed by atoms with Gasteiger partial charge in [-0.2, -0.15) is 0 Å². The molecular weight excluding hydrogens is 308 g/mol. The summed E-state index contributed by atoms with van der Waals surface area (Å²) < 4.78 is 0. The van der Waals surface area contributed by atoms with E-state index in [9.17, 15) is 4.79 Å². The van der Waals surface area contributed by atoms with Gasteiger partial charge in [-0.25, -0.2) is 0 Å². The van der Waals surface area contributed by atoms with Crippen LogP contribution in [0.4, 0.5) is 5.69 Å². The Morgan fingerprint density at radius 1 is 1.09 bits per heavy atom. The van der Waals surface area contributed by atoms with Crippen LogP contribution in [0.15, 0.2) is 48.5 Å². The van der Waals surface area contributed by atoms with E-state index in [-0.39, 0.29) is 17.9 Å². The van der Waals surface area contributed by atoms with E-state index >= 15 is 0 Å². The molecule has 2 N–H and O–H groups in total. The van der Waals surface area contributed by atoms with Crippen molar-refractivity contribution in [2.75, 3.05) is 12.8 Å². The summed E-state index contributed by atoms with van der Waals surface area (Å²) in [6.07, 6.45) is 0.383. The van der Waals surface area contributed by atoms with Gasteiger partial charge < -0.3 is 10.6 Å². The van der Waals surface area contributed by atoms with Crippen LogP contribution in [-0.4, -0.2) is 23.9 Å². The van der Waals surface area contributed by atoms with Gasteiger partial charge >= 0.3 is 0 Å². The van der Waals surface area contributed by atoms with Crippen molar-refractivity contribution in [1.82, 2.24) is 4.90 Å². The number of likely N-dealkylation sites (N-methyl/N-ethyl adjacent to an activating group) is 1. The fraction of sp³-hybridized carbons (Fsp3) is 0.316. The van der Waals surface area contributed by atoms with Gasteiger partial charge in [0.2, 0.25) is 5.91 Å². The van der Waals surface area contributed by atoms with Crippen molar-refractivity contribution in [3.8, 4) is 0 Å². The third-order valence-electron chi connectivity index (χ3n) is 4.46. The molecule has 3 nitrogen and oxygen atoms in total. The first-order valence-corrected chi connectivity index (χ1v) is 8.12. The Labute approximate surface area is 143 Å². The summed E-state index contributed by atoms with van der Waals surface area (Å²) >= 11 is 5.94. The smallest absolute Gasteiger partial charge is 0.226 e. The average Bonchev–Trinajstić information content (AvgIpc) is 2.55. The lowest BCUT2D eigenvalue weighted by atomic mass is 9.93. The van der Waals surface area contributed by atoms with Crippen LogP contribution in [0.25, 0.3) is 0 Å². The van der Waals surface area contributed by atoms with E-state index < -0.39 is 0 Å². The second-order valence-electron chi connectivity index (χ2n) is 6.00. The lowest BCUT2D eigenvalue weighted by molar-refractivity contribution is -0.131. The number of hydrogen-bond donors (Lipinski definition) is 1. The van der Waals surface area contributed by atoms with Gasteiger partial charge in [0.1, 0.15) is 0 Å². The van der Waals surface area contributed by atoms with Crippen LogP contribution < -0.4 is 5.73 Å². The molecule has 0 aliphatic carbocycles.